The standard InChI is InChI=1S/C8H18N2/c1-8(4-3-5-9)6-10(2)7-8/h3-7,9H2,1-2H3. The maximum absolute atomic E-state index is 5.44. The minimum absolute atomic E-state index is 0.591. The number of nitrogens with two attached hydrogens (primary N) is 1. The van der Waals surface area contributed by atoms with Gasteiger partial charge in [-0.15, -0.1) is 0 Å². The topological polar surface area (TPSA) is 29.3 Å². The second kappa shape index (κ2) is 2.89. The van der Waals surface area contributed by atoms with Crippen molar-refractivity contribution < 1.29 is 0 Å². The second-order valence-corrected chi connectivity index (χ2v) is 3.88. The molecule has 0 aromatic carbocycles. The molecular formula is C8H18N2. The fourth-order valence-electron chi connectivity index (χ4n) is 1.94. The summed E-state index contributed by atoms with van der Waals surface area (Å²) in [7, 11) is 2.17. The predicted molar refractivity (Wildman–Crippen MR) is 43.9 cm³/mol. The summed E-state index contributed by atoms with van der Waals surface area (Å²) in [4.78, 5) is 2.36. The molecule has 2 N–H and O–H groups in total. The van der Waals surface area contributed by atoms with E-state index < -0.39 is 0 Å². The summed E-state index contributed by atoms with van der Waals surface area (Å²) in [6.45, 7) is 5.71. The smallest absolute Gasteiger partial charge is 0.00448 e. The van der Waals surface area contributed by atoms with E-state index >= 15 is 0 Å². The average Bonchev–Trinajstić information content (AvgIpc) is 1.81. The van der Waals surface area contributed by atoms with Crippen LogP contribution in [0, 0.1) is 5.41 Å². The molecule has 1 aliphatic heterocycles. The van der Waals surface area contributed by atoms with Crippen LogP contribution in [0.2, 0.25) is 0 Å². The second-order valence-electron chi connectivity index (χ2n) is 3.88. The summed E-state index contributed by atoms with van der Waals surface area (Å²) < 4.78 is 0. The van der Waals surface area contributed by atoms with E-state index in [1.807, 2.05) is 0 Å². The van der Waals surface area contributed by atoms with Crippen LogP contribution in [0.15, 0.2) is 0 Å². The van der Waals surface area contributed by atoms with Crippen molar-refractivity contribution in [2.75, 3.05) is 26.7 Å². The molecule has 1 fully saturated rings. The van der Waals surface area contributed by atoms with Crippen LogP contribution in [0.3, 0.4) is 0 Å². The molecule has 0 amide bonds. The Bertz CT molecular complexity index is 106. The zero-order valence-corrected chi connectivity index (χ0v) is 7.06. The van der Waals surface area contributed by atoms with Gasteiger partial charge in [0.2, 0.25) is 0 Å². The minimum Gasteiger partial charge on any atom is -0.330 e. The summed E-state index contributed by atoms with van der Waals surface area (Å²) in [5.41, 5.74) is 6.03. The zero-order valence-electron chi connectivity index (χ0n) is 7.06. The molecular weight excluding hydrogens is 124 g/mol. The van der Waals surface area contributed by atoms with Gasteiger partial charge in [-0.25, -0.2) is 0 Å². The summed E-state index contributed by atoms with van der Waals surface area (Å²) in [5.74, 6) is 0. The van der Waals surface area contributed by atoms with Gasteiger partial charge in [-0.05, 0) is 31.8 Å². The third-order valence-corrected chi connectivity index (χ3v) is 2.29. The van der Waals surface area contributed by atoms with Crippen molar-refractivity contribution in [2.24, 2.45) is 11.1 Å². The number of likely N-dealkylation sites (tertiary alicyclic amines) is 1. The molecule has 1 aliphatic rings. The van der Waals surface area contributed by atoms with Gasteiger partial charge in [0.05, 0.1) is 0 Å². The molecule has 0 radical (unpaired) electrons. The van der Waals surface area contributed by atoms with Gasteiger partial charge >= 0.3 is 0 Å². The van der Waals surface area contributed by atoms with Crippen LogP contribution in [0.1, 0.15) is 19.8 Å². The van der Waals surface area contributed by atoms with Gasteiger partial charge in [0.1, 0.15) is 0 Å². The molecule has 0 spiro atoms. The van der Waals surface area contributed by atoms with Gasteiger partial charge in [0.15, 0.2) is 0 Å². The number of nitrogens with zero attached hydrogens (tertiary/aromatic N) is 1. The molecule has 2 nitrogen and oxygen atoms in total. The first-order valence-electron chi connectivity index (χ1n) is 4.05. The molecule has 1 heterocycles. The highest BCUT2D eigenvalue weighted by Gasteiger charge is 2.35. The van der Waals surface area contributed by atoms with E-state index in [0.29, 0.717) is 5.41 Å². The first kappa shape index (κ1) is 8.02. The van der Waals surface area contributed by atoms with Crippen LogP contribution >= 0.6 is 0 Å². The van der Waals surface area contributed by atoms with Crippen LogP contribution in [-0.2, 0) is 0 Å². The molecule has 1 saturated heterocycles. The Morgan fingerprint density at radius 1 is 1.50 bits per heavy atom. The first-order chi connectivity index (χ1) is 4.66. The van der Waals surface area contributed by atoms with Crippen LogP contribution in [0.5, 0.6) is 0 Å². The van der Waals surface area contributed by atoms with Gasteiger partial charge < -0.3 is 10.6 Å². The predicted octanol–water partition coefficient (Wildman–Crippen LogP) is 0.677. The van der Waals surface area contributed by atoms with E-state index in [-0.39, 0.29) is 0 Å². The lowest BCUT2D eigenvalue weighted by Crippen LogP contribution is -2.52. The van der Waals surface area contributed by atoms with Crippen molar-refractivity contribution >= 4 is 0 Å². The molecule has 0 bridgehead atoms. The van der Waals surface area contributed by atoms with Crippen LogP contribution in [-0.4, -0.2) is 31.6 Å². The third kappa shape index (κ3) is 1.70. The molecule has 2 heteroatoms. The van der Waals surface area contributed by atoms with Gasteiger partial charge in [-0.3, -0.25) is 0 Å². The highest BCUT2D eigenvalue weighted by molar-refractivity contribution is 4.89. The Morgan fingerprint density at radius 3 is 2.50 bits per heavy atom. The first-order valence-corrected chi connectivity index (χ1v) is 4.05. The van der Waals surface area contributed by atoms with Crippen LogP contribution < -0.4 is 5.73 Å². The highest BCUT2D eigenvalue weighted by atomic mass is 15.2. The van der Waals surface area contributed by atoms with E-state index in [1.165, 1.54) is 25.9 Å². The van der Waals surface area contributed by atoms with Gasteiger partial charge in [0.25, 0.3) is 0 Å². The Morgan fingerprint density at radius 2 is 2.10 bits per heavy atom. The Kier molecular flexibility index (Phi) is 2.32. The van der Waals surface area contributed by atoms with Crippen molar-refractivity contribution in [3.63, 3.8) is 0 Å². The Labute approximate surface area is 63.4 Å². The van der Waals surface area contributed by atoms with Crippen molar-refractivity contribution in [2.45, 2.75) is 19.8 Å². The molecule has 0 unspecified atom stereocenters. The maximum Gasteiger partial charge on any atom is 0.00448 e. The lowest BCUT2D eigenvalue weighted by molar-refractivity contribution is 0.0306. The van der Waals surface area contributed by atoms with E-state index in [4.69, 9.17) is 5.73 Å². The van der Waals surface area contributed by atoms with Crippen molar-refractivity contribution in [3.05, 3.63) is 0 Å². The van der Waals surface area contributed by atoms with E-state index in [1.54, 1.807) is 0 Å². The van der Waals surface area contributed by atoms with E-state index in [0.717, 1.165) is 6.54 Å². The fourth-order valence-corrected chi connectivity index (χ4v) is 1.94. The average molecular weight is 142 g/mol. The van der Waals surface area contributed by atoms with Crippen LogP contribution in [0.4, 0.5) is 0 Å². The summed E-state index contributed by atoms with van der Waals surface area (Å²) in [6, 6.07) is 0. The van der Waals surface area contributed by atoms with Crippen molar-refractivity contribution in [1.29, 1.82) is 0 Å². The molecule has 10 heavy (non-hydrogen) atoms. The minimum atomic E-state index is 0.591. The van der Waals surface area contributed by atoms with Gasteiger partial charge in [0, 0.05) is 13.1 Å². The molecule has 0 aromatic heterocycles. The SMILES string of the molecule is CN1CC(C)(CCCN)C1. The van der Waals surface area contributed by atoms with Crippen molar-refractivity contribution in [3.8, 4) is 0 Å². The lowest BCUT2D eigenvalue weighted by Gasteiger charge is -2.46. The normalized spacial score (nSPS) is 24.3. The highest BCUT2D eigenvalue weighted by Crippen LogP contribution is 2.32. The molecule has 0 atom stereocenters. The number of hydrogen-bond acceptors (Lipinski definition) is 2. The Hall–Kier alpha value is -0.0800. The maximum atomic E-state index is 5.44. The molecule has 60 valence electrons. The summed E-state index contributed by atoms with van der Waals surface area (Å²) in [5, 5.41) is 0. The molecule has 0 aliphatic carbocycles. The lowest BCUT2D eigenvalue weighted by atomic mass is 9.78. The van der Waals surface area contributed by atoms with Crippen LogP contribution in [0.25, 0.3) is 0 Å². The largest absolute Gasteiger partial charge is 0.330 e. The summed E-state index contributed by atoms with van der Waals surface area (Å²) >= 11 is 0. The number of hydrogen-bond donors (Lipinski definition) is 1. The summed E-state index contributed by atoms with van der Waals surface area (Å²) in [6.07, 6.45) is 2.48. The van der Waals surface area contributed by atoms with Crippen molar-refractivity contribution in [1.82, 2.24) is 4.90 Å². The monoisotopic (exact) mass is 142 g/mol. The third-order valence-electron chi connectivity index (χ3n) is 2.29. The molecule has 1 rings (SSSR count). The molecule has 0 aromatic rings. The Balaban J connectivity index is 2.15. The fraction of sp³-hybridized carbons (Fsp3) is 1.00. The van der Waals surface area contributed by atoms with Gasteiger partial charge in [-0.2, -0.15) is 0 Å². The van der Waals surface area contributed by atoms with Gasteiger partial charge in [-0.1, -0.05) is 6.92 Å². The van der Waals surface area contributed by atoms with E-state index in [9.17, 15) is 0 Å². The number of rotatable bonds is 3. The quantitative estimate of drug-likeness (QED) is 0.628. The molecule has 0 saturated carbocycles. The zero-order chi connectivity index (χ0) is 7.61. The van der Waals surface area contributed by atoms with E-state index in [2.05, 4.69) is 18.9 Å².